The van der Waals surface area contributed by atoms with Crippen LogP contribution in [0.4, 0.5) is 4.39 Å². The average molecular weight is 326 g/mol. The minimum absolute atomic E-state index is 0.212. The van der Waals surface area contributed by atoms with Gasteiger partial charge in [0.2, 0.25) is 0 Å². The first-order valence-electron chi connectivity index (χ1n) is 7.29. The maximum absolute atomic E-state index is 12.9. The Kier molecular flexibility index (Phi) is 4.56. The van der Waals surface area contributed by atoms with Gasteiger partial charge in [-0.15, -0.1) is 0 Å². The van der Waals surface area contributed by atoms with Gasteiger partial charge in [0, 0.05) is 17.2 Å². The second-order valence-electron chi connectivity index (χ2n) is 5.10. The number of rotatable bonds is 5. The highest BCUT2D eigenvalue weighted by atomic mass is 19.1. The molecule has 1 amide bonds. The molecule has 1 N–H and O–H groups in total. The van der Waals surface area contributed by atoms with Crippen LogP contribution in [0.3, 0.4) is 0 Å². The summed E-state index contributed by atoms with van der Waals surface area (Å²) in [6, 6.07) is 14.5. The Hall–Kier alpha value is -3.15. The molecule has 1 heterocycles. The van der Waals surface area contributed by atoms with Crippen molar-refractivity contribution in [2.24, 2.45) is 0 Å². The van der Waals surface area contributed by atoms with Crippen molar-refractivity contribution in [2.75, 3.05) is 7.11 Å². The fourth-order valence-electron chi connectivity index (χ4n) is 2.18. The third kappa shape index (κ3) is 3.60. The Labute approximate surface area is 138 Å². The number of carbonyl (C=O) groups excluding carboxylic acids is 1. The van der Waals surface area contributed by atoms with Crippen LogP contribution in [0, 0.1) is 5.82 Å². The van der Waals surface area contributed by atoms with Crippen molar-refractivity contribution in [3.05, 3.63) is 71.7 Å². The number of amides is 1. The van der Waals surface area contributed by atoms with Crippen molar-refractivity contribution in [3.8, 4) is 17.1 Å². The molecule has 5 nitrogen and oxygen atoms in total. The molecule has 0 fully saturated rings. The van der Waals surface area contributed by atoms with Crippen molar-refractivity contribution in [1.82, 2.24) is 10.5 Å². The van der Waals surface area contributed by atoms with E-state index in [1.54, 1.807) is 13.2 Å². The van der Waals surface area contributed by atoms with E-state index in [1.807, 2.05) is 24.3 Å². The lowest BCUT2D eigenvalue weighted by Crippen LogP contribution is -2.22. The van der Waals surface area contributed by atoms with Crippen molar-refractivity contribution >= 4 is 5.91 Å². The molecular formula is C18H15FN2O3. The van der Waals surface area contributed by atoms with Crippen LogP contribution in [0.5, 0.6) is 5.75 Å². The summed E-state index contributed by atoms with van der Waals surface area (Å²) in [5.41, 5.74) is 1.80. The van der Waals surface area contributed by atoms with E-state index in [9.17, 15) is 9.18 Å². The summed E-state index contributed by atoms with van der Waals surface area (Å²) in [4.78, 5) is 12.0. The van der Waals surface area contributed by atoms with Crippen LogP contribution in [0.15, 0.2) is 59.1 Å². The first-order valence-corrected chi connectivity index (χ1v) is 7.29. The van der Waals surface area contributed by atoms with E-state index in [2.05, 4.69) is 10.5 Å². The maximum Gasteiger partial charge on any atom is 0.251 e. The molecule has 0 aliphatic heterocycles. The fourth-order valence-corrected chi connectivity index (χ4v) is 2.18. The lowest BCUT2D eigenvalue weighted by atomic mass is 10.1. The molecule has 6 heteroatoms. The van der Waals surface area contributed by atoms with E-state index in [4.69, 9.17) is 9.26 Å². The van der Waals surface area contributed by atoms with Crippen molar-refractivity contribution in [2.45, 2.75) is 6.54 Å². The highest BCUT2D eigenvalue weighted by Crippen LogP contribution is 2.24. The van der Waals surface area contributed by atoms with Crippen molar-refractivity contribution in [3.63, 3.8) is 0 Å². The van der Waals surface area contributed by atoms with E-state index >= 15 is 0 Å². The minimum Gasteiger partial charge on any atom is -0.497 e. The molecule has 24 heavy (non-hydrogen) atoms. The van der Waals surface area contributed by atoms with Crippen molar-refractivity contribution in [1.29, 1.82) is 0 Å². The average Bonchev–Trinajstić information content (AvgIpc) is 3.09. The van der Waals surface area contributed by atoms with E-state index < -0.39 is 0 Å². The molecule has 0 saturated heterocycles. The highest BCUT2D eigenvalue weighted by molar-refractivity contribution is 5.94. The lowest BCUT2D eigenvalue weighted by molar-refractivity contribution is 0.0950. The first-order chi connectivity index (χ1) is 11.7. The number of carbonyl (C=O) groups is 1. The first kappa shape index (κ1) is 15.7. The SMILES string of the molecule is COc1cccc(-c2cc(CNC(=O)c3ccc(F)cc3)no2)c1. The zero-order valence-corrected chi connectivity index (χ0v) is 13.0. The number of hydrogen-bond donors (Lipinski definition) is 1. The summed E-state index contributed by atoms with van der Waals surface area (Å²) >= 11 is 0. The molecule has 2 aromatic carbocycles. The van der Waals surface area contributed by atoms with Crippen molar-refractivity contribution < 1.29 is 18.4 Å². The summed E-state index contributed by atoms with van der Waals surface area (Å²) in [6.07, 6.45) is 0. The monoisotopic (exact) mass is 326 g/mol. The zero-order chi connectivity index (χ0) is 16.9. The largest absolute Gasteiger partial charge is 0.497 e. The Morgan fingerprint density at radius 1 is 1.21 bits per heavy atom. The molecule has 0 atom stereocenters. The van der Waals surface area contributed by atoms with E-state index in [1.165, 1.54) is 24.3 Å². The van der Waals surface area contributed by atoms with Gasteiger partial charge in [-0.25, -0.2) is 4.39 Å². The summed E-state index contributed by atoms with van der Waals surface area (Å²) in [5.74, 6) is 0.613. The van der Waals surface area contributed by atoms with Gasteiger partial charge in [-0.3, -0.25) is 4.79 Å². The molecule has 0 saturated carbocycles. The summed E-state index contributed by atoms with van der Waals surface area (Å²) in [5, 5.41) is 6.65. The number of nitrogens with one attached hydrogen (secondary N) is 1. The van der Waals surface area contributed by atoms with Crippen LogP contribution in [-0.4, -0.2) is 18.2 Å². The Bertz CT molecular complexity index is 843. The molecule has 1 aromatic heterocycles. The number of ether oxygens (including phenoxy) is 1. The van der Waals surface area contributed by atoms with Crippen LogP contribution >= 0.6 is 0 Å². The fraction of sp³-hybridized carbons (Fsp3) is 0.111. The van der Waals surface area contributed by atoms with Crippen LogP contribution in [0.1, 0.15) is 16.1 Å². The normalized spacial score (nSPS) is 10.4. The van der Waals surface area contributed by atoms with Crippen LogP contribution in [0.25, 0.3) is 11.3 Å². The number of aromatic nitrogens is 1. The molecule has 0 bridgehead atoms. The molecule has 3 aromatic rings. The number of methoxy groups -OCH3 is 1. The Morgan fingerprint density at radius 2 is 2.00 bits per heavy atom. The molecule has 0 unspecified atom stereocenters. The van der Waals surface area contributed by atoms with E-state index in [0.717, 1.165) is 11.3 Å². The van der Waals surface area contributed by atoms with Gasteiger partial charge in [-0.1, -0.05) is 17.3 Å². The van der Waals surface area contributed by atoms with Crippen LogP contribution in [0.2, 0.25) is 0 Å². The highest BCUT2D eigenvalue weighted by Gasteiger charge is 2.10. The predicted octanol–water partition coefficient (Wildman–Crippen LogP) is 3.42. The van der Waals surface area contributed by atoms with Gasteiger partial charge in [-0.2, -0.15) is 0 Å². The number of nitrogens with zero attached hydrogens (tertiary/aromatic N) is 1. The van der Waals surface area contributed by atoms with Crippen LogP contribution < -0.4 is 10.1 Å². The molecule has 0 aliphatic rings. The quantitative estimate of drug-likeness (QED) is 0.780. The molecule has 3 rings (SSSR count). The number of halogens is 1. The smallest absolute Gasteiger partial charge is 0.251 e. The van der Waals surface area contributed by atoms with Crippen LogP contribution in [-0.2, 0) is 6.54 Å². The van der Waals surface area contributed by atoms with Gasteiger partial charge in [0.05, 0.1) is 13.7 Å². The molecule has 0 spiro atoms. The third-order valence-electron chi connectivity index (χ3n) is 3.45. The molecule has 0 radical (unpaired) electrons. The van der Waals surface area contributed by atoms with E-state index in [-0.39, 0.29) is 18.3 Å². The Balaban J connectivity index is 1.65. The minimum atomic E-state index is -0.383. The maximum atomic E-state index is 12.9. The second-order valence-corrected chi connectivity index (χ2v) is 5.10. The summed E-state index contributed by atoms with van der Waals surface area (Å²) in [6.45, 7) is 0.212. The summed E-state index contributed by atoms with van der Waals surface area (Å²) < 4.78 is 23.3. The third-order valence-corrected chi connectivity index (χ3v) is 3.45. The summed E-state index contributed by atoms with van der Waals surface area (Å²) in [7, 11) is 1.59. The van der Waals surface area contributed by atoms with Gasteiger partial charge in [-0.05, 0) is 36.4 Å². The number of hydrogen-bond acceptors (Lipinski definition) is 4. The topological polar surface area (TPSA) is 64.4 Å². The van der Waals surface area contributed by atoms with Gasteiger partial charge in [0.1, 0.15) is 17.3 Å². The second kappa shape index (κ2) is 6.95. The van der Waals surface area contributed by atoms with Gasteiger partial charge in [0.25, 0.3) is 5.91 Å². The Morgan fingerprint density at radius 3 is 2.75 bits per heavy atom. The molecular weight excluding hydrogens is 311 g/mol. The van der Waals surface area contributed by atoms with Gasteiger partial charge >= 0.3 is 0 Å². The molecule has 122 valence electrons. The van der Waals surface area contributed by atoms with E-state index in [0.29, 0.717) is 17.0 Å². The van der Waals surface area contributed by atoms with Gasteiger partial charge in [0.15, 0.2) is 5.76 Å². The zero-order valence-electron chi connectivity index (χ0n) is 13.0. The predicted molar refractivity (Wildman–Crippen MR) is 86.1 cm³/mol. The lowest BCUT2D eigenvalue weighted by Gasteiger charge is -2.02. The molecule has 0 aliphatic carbocycles. The standard InChI is InChI=1S/C18H15FN2O3/c1-23-16-4-2-3-13(9-16)17-10-15(21-24-17)11-20-18(22)12-5-7-14(19)8-6-12/h2-10H,11H2,1H3,(H,20,22). The number of benzene rings is 2. The van der Waals surface area contributed by atoms with Gasteiger partial charge < -0.3 is 14.6 Å².